The molecule has 33 heavy (non-hydrogen) atoms. The van der Waals surface area contributed by atoms with Crippen LogP contribution >= 0.6 is 11.8 Å². The lowest BCUT2D eigenvalue weighted by molar-refractivity contribution is -0.137. The van der Waals surface area contributed by atoms with Crippen molar-refractivity contribution in [3.05, 3.63) is 84.9 Å². The van der Waals surface area contributed by atoms with Crippen LogP contribution in [0.15, 0.2) is 89.8 Å². The van der Waals surface area contributed by atoms with Crippen LogP contribution in [0.3, 0.4) is 0 Å². The number of rotatable bonds is 10. The van der Waals surface area contributed by atoms with Gasteiger partial charge in [-0.2, -0.15) is 0 Å². The predicted molar refractivity (Wildman–Crippen MR) is 133 cm³/mol. The van der Waals surface area contributed by atoms with Crippen molar-refractivity contribution >= 4 is 44.8 Å². The van der Waals surface area contributed by atoms with Gasteiger partial charge in [0.25, 0.3) is 10.0 Å². The second kappa shape index (κ2) is 9.76. The zero-order chi connectivity index (χ0) is 23.3. The highest BCUT2D eigenvalue weighted by molar-refractivity contribution is 8.00. The Bertz CT molecular complexity index is 1180. The molecule has 0 saturated carbocycles. The third kappa shape index (κ3) is 5.26. The number of carboxylic acid groups (broad SMARTS) is 1. The monoisotopic (exact) mass is 483 g/mol. The molecule has 0 amide bonds. The van der Waals surface area contributed by atoms with E-state index in [0.29, 0.717) is 17.9 Å². The van der Waals surface area contributed by atoms with Crippen molar-refractivity contribution in [1.29, 1.82) is 0 Å². The second-order valence-corrected chi connectivity index (χ2v) is 10.9. The molecule has 0 saturated heterocycles. The molecule has 4 rings (SSSR count). The molecule has 0 unspecified atom stereocenters. The lowest BCUT2D eigenvalue weighted by Gasteiger charge is -2.29. The number of carbonyl (C=O) groups is 1. The topological polar surface area (TPSA) is 98.7 Å². The summed E-state index contributed by atoms with van der Waals surface area (Å²) in [7, 11) is -3.73. The van der Waals surface area contributed by atoms with Gasteiger partial charge in [0.2, 0.25) is 0 Å². The van der Waals surface area contributed by atoms with Crippen LogP contribution in [0.25, 0.3) is 0 Å². The van der Waals surface area contributed by atoms with E-state index in [-0.39, 0.29) is 17.9 Å². The average molecular weight is 484 g/mol. The van der Waals surface area contributed by atoms with Gasteiger partial charge in [0.15, 0.2) is 4.99 Å². The Morgan fingerprint density at radius 2 is 1.42 bits per heavy atom. The number of aliphatic carboxylic acids is 1. The van der Waals surface area contributed by atoms with Crippen LogP contribution in [0.4, 0.5) is 17.1 Å². The maximum atomic E-state index is 13.4. The smallest absolute Gasteiger partial charge is 0.308 e. The fourth-order valence-corrected chi connectivity index (χ4v) is 6.48. The van der Waals surface area contributed by atoms with Gasteiger partial charge in [-0.25, -0.2) is 8.42 Å². The molecule has 1 aliphatic heterocycles. The van der Waals surface area contributed by atoms with E-state index in [9.17, 15) is 18.3 Å². The summed E-state index contributed by atoms with van der Waals surface area (Å²) < 4.78 is 28.1. The first-order valence-electron chi connectivity index (χ1n) is 10.5. The maximum absolute atomic E-state index is 13.4. The van der Waals surface area contributed by atoms with Crippen LogP contribution in [0.5, 0.6) is 0 Å². The molecule has 0 fully saturated rings. The number of carboxylic acids is 1. The van der Waals surface area contributed by atoms with Gasteiger partial charge in [-0.15, -0.1) is 11.8 Å². The molecular weight excluding hydrogens is 458 g/mol. The Kier molecular flexibility index (Phi) is 6.80. The summed E-state index contributed by atoms with van der Waals surface area (Å²) in [6, 6.07) is 25.0. The van der Waals surface area contributed by atoms with Crippen molar-refractivity contribution in [3.8, 4) is 0 Å². The van der Waals surface area contributed by atoms with E-state index in [0.717, 1.165) is 11.4 Å². The van der Waals surface area contributed by atoms with Gasteiger partial charge in [-0.1, -0.05) is 48.5 Å². The summed E-state index contributed by atoms with van der Waals surface area (Å²) in [5, 5.41) is 16.1. The Hall–Kier alpha value is -3.17. The van der Waals surface area contributed by atoms with Crippen molar-refractivity contribution in [3.63, 3.8) is 0 Å². The minimum atomic E-state index is -3.73. The second-order valence-electron chi connectivity index (χ2n) is 7.62. The highest BCUT2D eigenvalue weighted by Gasteiger charge is 2.38. The van der Waals surface area contributed by atoms with Crippen LogP contribution in [-0.2, 0) is 14.8 Å². The van der Waals surface area contributed by atoms with E-state index in [1.165, 1.54) is 16.1 Å². The lowest BCUT2D eigenvalue weighted by atomic mass is 10.3. The van der Waals surface area contributed by atoms with E-state index < -0.39 is 21.0 Å². The first-order valence-corrected chi connectivity index (χ1v) is 13.0. The number of hydrogen-bond acceptors (Lipinski definition) is 6. The van der Waals surface area contributed by atoms with Gasteiger partial charge in [0.1, 0.15) is 0 Å². The standard InChI is InChI=1S/C24H25N3O4S2/c28-23(29)18-24(25-21-14-7-8-15-22(21)26-24)32-17-9-16-27(19-10-3-1-4-11-19)33(30,31)20-12-5-2-6-13-20/h1-8,10-15,25-26H,9,16-18H2,(H,28,29). The summed E-state index contributed by atoms with van der Waals surface area (Å²) >= 11 is 1.44. The molecule has 0 atom stereocenters. The molecule has 3 aromatic rings. The Morgan fingerprint density at radius 3 is 2.00 bits per heavy atom. The zero-order valence-corrected chi connectivity index (χ0v) is 19.5. The quantitative estimate of drug-likeness (QED) is 0.360. The largest absolute Gasteiger partial charge is 0.481 e. The summed E-state index contributed by atoms with van der Waals surface area (Å²) in [4.78, 5) is 10.9. The van der Waals surface area contributed by atoms with Gasteiger partial charge in [-0.3, -0.25) is 9.10 Å². The number of fused-ring (bicyclic) bond motifs is 1. The molecule has 1 aliphatic rings. The average Bonchev–Trinajstić information content (AvgIpc) is 3.17. The minimum absolute atomic E-state index is 0.128. The summed E-state index contributed by atoms with van der Waals surface area (Å²) in [5.41, 5.74) is 2.30. The number of nitrogens with one attached hydrogen (secondary N) is 2. The molecule has 3 aromatic carbocycles. The van der Waals surface area contributed by atoms with Crippen molar-refractivity contribution in [1.82, 2.24) is 0 Å². The molecule has 0 aliphatic carbocycles. The molecule has 0 radical (unpaired) electrons. The van der Waals surface area contributed by atoms with E-state index in [1.807, 2.05) is 42.5 Å². The fraction of sp³-hybridized carbons (Fsp3) is 0.208. The normalized spacial score (nSPS) is 14.1. The zero-order valence-electron chi connectivity index (χ0n) is 17.8. The van der Waals surface area contributed by atoms with Crippen LogP contribution in [-0.4, -0.2) is 36.8 Å². The Morgan fingerprint density at radius 1 is 0.879 bits per heavy atom. The number of thioether (sulfide) groups is 1. The molecular formula is C24H25N3O4S2. The van der Waals surface area contributed by atoms with E-state index in [2.05, 4.69) is 10.6 Å². The summed E-state index contributed by atoms with van der Waals surface area (Å²) in [5.74, 6) is -0.373. The van der Waals surface area contributed by atoms with Crippen LogP contribution in [0.1, 0.15) is 12.8 Å². The number of para-hydroxylation sites is 3. The van der Waals surface area contributed by atoms with Gasteiger partial charge in [-0.05, 0) is 48.6 Å². The number of anilines is 3. The third-order valence-electron chi connectivity index (χ3n) is 5.23. The highest BCUT2D eigenvalue weighted by Crippen LogP contribution is 2.42. The van der Waals surface area contributed by atoms with Gasteiger partial charge in [0, 0.05) is 6.54 Å². The van der Waals surface area contributed by atoms with Gasteiger partial charge < -0.3 is 15.7 Å². The number of nitrogens with zero attached hydrogens (tertiary/aromatic N) is 1. The van der Waals surface area contributed by atoms with Crippen LogP contribution in [0.2, 0.25) is 0 Å². The third-order valence-corrected chi connectivity index (χ3v) is 8.41. The molecule has 172 valence electrons. The maximum Gasteiger partial charge on any atom is 0.308 e. The van der Waals surface area contributed by atoms with Crippen molar-refractivity contribution in [2.75, 3.05) is 27.2 Å². The molecule has 7 nitrogen and oxygen atoms in total. The molecule has 0 aromatic heterocycles. The van der Waals surface area contributed by atoms with Crippen LogP contribution < -0.4 is 14.9 Å². The highest BCUT2D eigenvalue weighted by atomic mass is 32.2. The molecule has 3 N–H and O–H groups in total. The van der Waals surface area contributed by atoms with E-state index in [1.54, 1.807) is 42.5 Å². The first-order chi connectivity index (χ1) is 15.9. The molecule has 9 heteroatoms. The minimum Gasteiger partial charge on any atom is -0.481 e. The number of benzene rings is 3. The van der Waals surface area contributed by atoms with E-state index >= 15 is 0 Å². The molecule has 0 spiro atoms. The molecule has 1 heterocycles. The van der Waals surface area contributed by atoms with Crippen molar-refractivity contribution < 1.29 is 18.3 Å². The SMILES string of the molecule is O=C(O)CC1(SCCCN(c2ccccc2)S(=O)(=O)c2ccccc2)Nc2ccccc2N1. The fourth-order valence-electron chi connectivity index (χ4n) is 3.75. The van der Waals surface area contributed by atoms with Crippen molar-refractivity contribution in [2.45, 2.75) is 22.7 Å². The Balaban J connectivity index is 1.48. The number of sulfonamides is 1. The van der Waals surface area contributed by atoms with Gasteiger partial charge in [0.05, 0.1) is 28.4 Å². The number of hydrogen-bond donors (Lipinski definition) is 3. The van der Waals surface area contributed by atoms with Gasteiger partial charge >= 0.3 is 5.97 Å². The summed E-state index contributed by atoms with van der Waals surface area (Å²) in [6.07, 6.45) is 0.407. The first kappa shape index (κ1) is 23.0. The van der Waals surface area contributed by atoms with Crippen molar-refractivity contribution in [2.24, 2.45) is 0 Å². The lowest BCUT2D eigenvalue weighted by Crippen LogP contribution is -2.41. The summed E-state index contributed by atoms with van der Waals surface area (Å²) in [6.45, 7) is 0.268. The van der Waals surface area contributed by atoms with E-state index in [4.69, 9.17) is 0 Å². The van der Waals surface area contributed by atoms with Crippen LogP contribution in [0, 0.1) is 0 Å². The predicted octanol–water partition coefficient (Wildman–Crippen LogP) is 4.67. The molecule has 0 bridgehead atoms. The Labute approximate surface area is 197 Å².